The number of likely N-dealkylation sites (N-methyl/N-ethyl adjacent to an activating group) is 1. The van der Waals surface area contributed by atoms with E-state index in [0.29, 0.717) is 28.6 Å². The van der Waals surface area contributed by atoms with Crippen molar-refractivity contribution in [1.29, 1.82) is 0 Å². The predicted octanol–water partition coefficient (Wildman–Crippen LogP) is 9.10. The summed E-state index contributed by atoms with van der Waals surface area (Å²) in [5.74, 6) is 0.332. The number of unbranched alkanes of at least 4 members (excludes halogenated alkanes) is 15. The number of anilines is 1. The third kappa shape index (κ3) is 12.6. The first-order valence-electron chi connectivity index (χ1n) is 19.0. The maximum atomic E-state index is 14.0. The molecule has 2 aromatic rings. The summed E-state index contributed by atoms with van der Waals surface area (Å²) in [5.41, 5.74) is 1.13. The van der Waals surface area contributed by atoms with Crippen LogP contribution in [-0.4, -0.2) is 61.4 Å². The van der Waals surface area contributed by atoms with Gasteiger partial charge in [0, 0.05) is 49.8 Å². The largest absolute Gasteiger partial charge is 0.425 e. The number of ether oxygens (including phenoxy) is 2. The van der Waals surface area contributed by atoms with E-state index in [-0.39, 0.29) is 5.97 Å². The Labute approximate surface area is 299 Å². The lowest BCUT2D eigenvalue weighted by molar-refractivity contribution is -0.164. The third-order valence-corrected chi connectivity index (χ3v) is 9.80. The van der Waals surface area contributed by atoms with E-state index in [2.05, 4.69) is 23.8 Å². The van der Waals surface area contributed by atoms with Crippen molar-refractivity contribution in [2.45, 2.75) is 129 Å². The molecule has 8 nitrogen and oxygen atoms in total. The molecular formula is C40H59ClN4O4. The molecule has 49 heavy (non-hydrogen) atoms. The summed E-state index contributed by atoms with van der Waals surface area (Å²) in [4.78, 5) is 37.6. The van der Waals surface area contributed by atoms with Gasteiger partial charge in [0.15, 0.2) is 0 Å². The molecule has 0 aromatic heterocycles. The van der Waals surface area contributed by atoms with Gasteiger partial charge in [0.2, 0.25) is 6.29 Å². The van der Waals surface area contributed by atoms with Gasteiger partial charge in [-0.1, -0.05) is 127 Å². The second-order valence-corrected chi connectivity index (χ2v) is 14.1. The molecule has 1 atom stereocenters. The Hall–Kier alpha value is -3.10. The minimum absolute atomic E-state index is 0.313. The molecule has 2 heterocycles. The van der Waals surface area contributed by atoms with Crippen molar-refractivity contribution in [3.05, 3.63) is 58.1 Å². The summed E-state index contributed by atoms with van der Waals surface area (Å²) in [6.45, 7) is 7.01. The Balaban J connectivity index is 1.22. The summed E-state index contributed by atoms with van der Waals surface area (Å²) in [6.07, 6.45) is 19.1. The van der Waals surface area contributed by atoms with E-state index in [1.165, 1.54) is 83.5 Å². The molecule has 1 saturated heterocycles. The normalized spacial score (nSPS) is 15.2. The number of hydrogen-bond donors (Lipinski definition) is 0. The quantitative estimate of drug-likeness (QED) is 0.0782. The van der Waals surface area contributed by atoms with Gasteiger partial charge >= 0.3 is 12.1 Å². The Morgan fingerprint density at radius 1 is 0.776 bits per heavy atom. The molecule has 0 saturated carbocycles. The first-order valence-corrected chi connectivity index (χ1v) is 19.4. The van der Waals surface area contributed by atoms with Crippen LogP contribution < -0.4 is 15.5 Å². The fraction of sp³-hybridized carbons (Fsp3) is 0.625. The molecule has 2 aliphatic rings. The number of hydrogen-bond acceptors (Lipinski definition) is 7. The van der Waals surface area contributed by atoms with Crippen LogP contribution in [0.15, 0.2) is 47.5 Å². The number of rotatable bonds is 20. The van der Waals surface area contributed by atoms with Crippen LogP contribution in [0.5, 0.6) is 0 Å². The van der Waals surface area contributed by atoms with E-state index in [9.17, 15) is 9.59 Å². The lowest BCUT2D eigenvalue weighted by atomic mass is 10.0. The number of carbonyl (C=O) groups is 2. The van der Waals surface area contributed by atoms with Gasteiger partial charge in [-0.3, -0.25) is 4.79 Å². The lowest BCUT2D eigenvalue weighted by Gasteiger charge is -2.39. The number of carbonyl (C=O) groups excluding carboxylic acids is 2. The smallest absolute Gasteiger partial charge is 0.423 e. The van der Waals surface area contributed by atoms with E-state index in [1.54, 1.807) is 24.0 Å². The van der Waals surface area contributed by atoms with Crippen molar-refractivity contribution >= 4 is 40.9 Å². The van der Waals surface area contributed by atoms with Gasteiger partial charge in [-0.25, -0.2) is 14.7 Å². The van der Waals surface area contributed by atoms with Crippen LogP contribution in [0.25, 0.3) is 5.82 Å². The predicted molar refractivity (Wildman–Crippen MR) is 199 cm³/mol. The topological polar surface area (TPSA) is 74.7 Å². The molecular weight excluding hydrogens is 636 g/mol. The van der Waals surface area contributed by atoms with Gasteiger partial charge in [-0.15, -0.1) is 0 Å². The van der Waals surface area contributed by atoms with Crippen LogP contribution in [0.2, 0.25) is 5.02 Å². The molecule has 0 bridgehead atoms. The fourth-order valence-corrected chi connectivity index (χ4v) is 6.86. The molecule has 270 valence electrons. The Morgan fingerprint density at radius 2 is 1.35 bits per heavy atom. The van der Waals surface area contributed by atoms with Gasteiger partial charge in [0.25, 0.3) is 0 Å². The van der Waals surface area contributed by atoms with Gasteiger partial charge < -0.3 is 19.3 Å². The number of fused-ring (bicyclic) bond motifs is 2. The van der Waals surface area contributed by atoms with Crippen LogP contribution >= 0.6 is 11.6 Å². The van der Waals surface area contributed by atoms with Crippen molar-refractivity contribution in [3.8, 4) is 0 Å². The van der Waals surface area contributed by atoms with Gasteiger partial charge in [0.05, 0.1) is 16.7 Å². The molecule has 1 fully saturated rings. The first-order chi connectivity index (χ1) is 23.9. The monoisotopic (exact) mass is 694 g/mol. The van der Waals surface area contributed by atoms with Gasteiger partial charge in [-0.05, 0) is 43.8 Å². The van der Waals surface area contributed by atoms with Crippen LogP contribution in [0.4, 0.5) is 16.2 Å². The molecule has 0 radical (unpaired) electrons. The maximum absolute atomic E-state index is 14.0. The average molecular weight is 695 g/mol. The summed E-state index contributed by atoms with van der Waals surface area (Å²) in [5, 5.41) is 2.06. The highest BCUT2D eigenvalue weighted by atomic mass is 35.5. The second kappa shape index (κ2) is 21.2. The van der Waals surface area contributed by atoms with Gasteiger partial charge in [-0.2, -0.15) is 0 Å². The zero-order valence-corrected chi connectivity index (χ0v) is 31.0. The lowest BCUT2D eigenvalue weighted by Crippen LogP contribution is -2.51. The van der Waals surface area contributed by atoms with E-state index in [0.717, 1.165) is 56.0 Å². The van der Waals surface area contributed by atoms with E-state index < -0.39 is 12.4 Å². The molecule has 1 unspecified atom stereocenters. The Bertz CT molecular complexity index is 1440. The minimum atomic E-state index is -1.05. The van der Waals surface area contributed by atoms with Crippen molar-refractivity contribution in [1.82, 2.24) is 9.80 Å². The molecule has 1 amide bonds. The van der Waals surface area contributed by atoms with Crippen molar-refractivity contribution < 1.29 is 19.1 Å². The van der Waals surface area contributed by atoms with Crippen molar-refractivity contribution in [2.75, 3.05) is 38.1 Å². The summed E-state index contributed by atoms with van der Waals surface area (Å²) < 4.78 is 11.4. The highest BCUT2D eigenvalue weighted by molar-refractivity contribution is 6.31. The Morgan fingerprint density at radius 3 is 1.96 bits per heavy atom. The van der Waals surface area contributed by atoms with E-state index in [4.69, 9.17) is 26.1 Å². The summed E-state index contributed by atoms with van der Waals surface area (Å²) in [6, 6.07) is 13.1. The van der Waals surface area contributed by atoms with Crippen molar-refractivity contribution in [2.24, 2.45) is 4.99 Å². The number of esters is 1. The molecule has 0 aliphatic carbocycles. The standard InChI is InChI=1S/C40H59ClN4O4/c1-4-5-6-7-8-9-10-11-12-13-14-15-16-17-18-19-24-38(46)48-32(2)49-40(47)45-37-31-33(41)25-26-36(37)42-35-23-21-20-22-34(35)39(45)44-29-27-43(3)28-30-44/h20-23,25-26,31-32H,4-19,24,27-30H2,1-3H3. The van der Waals surface area contributed by atoms with Crippen LogP contribution in [0, 0.1) is 0 Å². The Kier molecular flexibility index (Phi) is 16.7. The minimum Gasteiger partial charge on any atom is -0.425 e. The van der Waals surface area contributed by atoms with Crippen LogP contribution in [0.3, 0.4) is 0 Å². The van der Waals surface area contributed by atoms with Gasteiger partial charge in [0.1, 0.15) is 5.82 Å². The average Bonchev–Trinajstić information content (AvgIpc) is 3.22. The number of piperazine rings is 1. The molecule has 2 aromatic carbocycles. The van der Waals surface area contributed by atoms with E-state index in [1.807, 2.05) is 30.3 Å². The number of benzene rings is 2. The highest BCUT2D eigenvalue weighted by Crippen LogP contribution is 2.36. The molecule has 2 aliphatic heterocycles. The molecule has 0 spiro atoms. The van der Waals surface area contributed by atoms with Crippen LogP contribution in [-0.2, 0) is 14.3 Å². The second-order valence-electron chi connectivity index (χ2n) is 13.7. The molecule has 0 N–H and O–H groups in total. The zero-order valence-electron chi connectivity index (χ0n) is 30.3. The van der Waals surface area contributed by atoms with E-state index >= 15 is 0 Å². The number of amides is 1. The molecule has 4 rings (SSSR count). The SMILES string of the molecule is CCCCCCCCCCCCCCCCCCC(=O)OC(C)OC(=O)N1C(N2CCN(C)CC2)=c2ccccc2=Nc2ccc(Cl)cc21. The fourth-order valence-electron chi connectivity index (χ4n) is 6.69. The number of halogens is 1. The van der Waals surface area contributed by atoms with Crippen molar-refractivity contribution in [3.63, 3.8) is 0 Å². The number of para-hydroxylation sites is 1. The highest BCUT2D eigenvalue weighted by Gasteiger charge is 2.33. The molecule has 9 heteroatoms. The maximum Gasteiger partial charge on any atom is 0.423 e. The third-order valence-electron chi connectivity index (χ3n) is 9.56. The summed E-state index contributed by atoms with van der Waals surface area (Å²) >= 11 is 6.46. The first kappa shape index (κ1) is 38.7. The zero-order chi connectivity index (χ0) is 34.8. The summed E-state index contributed by atoms with van der Waals surface area (Å²) in [7, 11) is 2.09. The van der Waals surface area contributed by atoms with Crippen LogP contribution in [0.1, 0.15) is 123 Å². The number of nitrogens with zero attached hydrogens (tertiary/aromatic N) is 4.